The third-order valence-corrected chi connectivity index (χ3v) is 22.3. The van der Waals surface area contributed by atoms with Crippen molar-refractivity contribution in [2.24, 2.45) is 0 Å². The fourth-order valence-corrected chi connectivity index (χ4v) is 17.7. The van der Waals surface area contributed by atoms with Crippen LogP contribution in [0.2, 0.25) is 0 Å². The zero-order valence-electron chi connectivity index (χ0n) is 57.1. The Balaban J connectivity index is 0.961. The van der Waals surface area contributed by atoms with Gasteiger partial charge in [-0.2, -0.15) is 10.5 Å². The molecule has 0 saturated heterocycles. The predicted octanol–water partition coefficient (Wildman–Crippen LogP) is 25.0. The SMILES string of the molecule is N#Cc1ccc(-c2cc(-c3ccc(C#N)cc3)c(-n3c4cc(-n5c6ccccc6c6ccccc65)ccc4c4ccc(-n5c6ccccc6c6ccccc65)cc43)c(-c3ccccc3)c2-n2c3cc(-n4c5ccccc5c5ccccc54)ccc3c3ccc(-n4c5ccccc5c5ccccc54)cc32)cc1. The second-order valence-corrected chi connectivity index (χ2v) is 27.7. The number of nitriles is 2. The molecule has 22 aromatic rings. The minimum Gasteiger partial charge on any atom is -0.309 e. The van der Waals surface area contributed by atoms with E-state index < -0.39 is 0 Å². The maximum atomic E-state index is 10.6. The third-order valence-electron chi connectivity index (χ3n) is 22.3. The van der Waals surface area contributed by atoms with E-state index in [2.05, 4.69) is 367 Å². The van der Waals surface area contributed by atoms with E-state index in [0.717, 1.165) is 155 Å². The number of rotatable bonds is 9. The van der Waals surface area contributed by atoms with Crippen molar-refractivity contribution in [1.82, 2.24) is 27.4 Å². The number of aromatic nitrogens is 6. The largest absolute Gasteiger partial charge is 0.309 e. The number of hydrogen-bond acceptors (Lipinski definition) is 2. The van der Waals surface area contributed by atoms with Crippen LogP contribution in [0.25, 0.3) is 198 Å². The van der Waals surface area contributed by atoms with Gasteiger partial charge in [-0.15, -0.1) is 0 Å². The smallest absolute Gasteiger partial charge is 0.0991 e. The number of fused-ring (bicyclic) bond motifs is 18. The minimum atomic E-state index is 0.560. The number of hydrogen-bond donors (Lipinski definition) is 0. The normalized spacial score (nSPS) is 11.9. The van der Waals surface area contributed by atoms with E-state index in [0.29, 0.717) is 11.1 Å². The molecule has 0 fully saturated rings. The molecule has 0 unspecified atom stereocenters. The second kappa shape index (κ2) is 22.9. The molecule has 0 saturated carbocycles. The molecule has 0 aliphatic heterocycles. The van der Waals surface area contributed by atoms with Gasteiger partial charge in [0.05, 0.1) is 101 Å². The van der Waals surface area contributed by atoms with Crippen molar-refractivity contribution in [3.8, 4) is 79.6 Å². The van der Waals surface area contributed by atoms with Gasteiger partial charge in [0.2, 0.25) is 0 Å². The van der Waals surface area contributed by atoms with Crippen LogP contribution in [-0.2, 0) is 0 Å². The Morgan fingerprint density at radius 3 is 0.651 bits per heavy atom. The van der Waals surface area contributed by atoms with E-state index in [1.807, 2.05) is 24.3 Å². The Labute approximate surface area is 607 Å². The number of benzene rings is 16. The van der Waals surface area contributed by atoms with E-state index in [9.17, 15) is 10.5 Å². The molecule has 22 rings (SSSR count). The van der Waals surface area contributed by atoms with Crippen LogP contribution >= 0.6 is 0 Å². The van der Waals surface area contributed by atoms with Crippen LogP contribution < -0.4 is 0 Å². The first-order chi connectivity index (χ1) is 52.5. The summed E-state index contributed by atoms with van der Waals surface area (Å²) in [5.74, 6) is 0. The van der Waals surface area contributed by atoms with Gasteiger partial charge < -0.3 is 27.4 Å². The van der Waals surface area contributed by atoms with Crippen LogP contribution in [0.15, 0.2) is 352 Å². The average molecular weight is 1350 g/mol. The Morgan fingerprint density at radius 2 is 0.406 bits per heavy atom. The molecular weight excluding hydrogens is 1290 g/mol. The van der Waals surface area contributed by atoms with Gasteiger partial charge >= 0.3 is 0 Å². The highest BCUT2D eigenvalue weighted by molar-refractivity contribution is 6.19. The van der Waals surface area contributed by atoms with E-state index >= 15 is 0 Å². The van der Waals surface area contributed by atoms with Crippen molar-refractivity contribution in [2.75, 3.05) is 0 Å². The Hall–Kier alpha value is -14.7. The lowest BCUT2D eigenvalue weighted by Gasteiger charge is -2.27. The molecule has 0 spiro atoms. The van der Waals surface area contributed by atoms with Crippen LogP contribution in [0.1, 0.15) is 11.1 Å². The Bertz CT molecular complexity index is 6600. The predicted molar refractivity (Wildman–Crippen MR) is 438 cm³/mol. The number of nitrogens with zero attached hydrogens (tertiary/aromatic N) is 8. The first-order valence-corrected chi connectivity index (χ1v) is 35.9. The van der Waals surface area contributed by atoms with Crippen molar-refractivity contribution in [3.63, 3.8) is 0 Å². The van der Waals surface area contributed by atoms with Crippen LogP contribution in [0, 0.1) is 22.7 Å². The van der Waals surface area contributed by atoms with Gasteiger partial charge in [-0.25, -0.2) is 0 Å². The molecule has 490 valence electrons. The Morgan fingerprint density at radius 1 is 0.179 bits per heavy atom. The van der Waals surface area contributed by atoms with Crippen molar-refractivity contribution in [2.45, 2.75) is 0 Å². The second-order valence-electron chi connectivity index (χ2n) is 27.7. The lowest BCUT2D eigenvalue weighted by atomic mass is 9.87. The van der Waals surface area contributed by atoms with Gasteiger partial charge in [0, 0.05) is 104 Å². The van der Waals surface area contributed by atoms with Crippen molar-refractivity contribution in [3.05, 3.63) is 363 Å². The summed E-state index contributed by atoms with van der Waals surface area (Å²) in [5, 5.41) is 35.1. The average Bonchev–Trinajstić information content (AvgIpc) is 1.11. The quantitative estimate of drug-likeness (QED) is 0.144. The molecule has 0 amide bonds. The monoisotopic (exact) mass is 1350 g/mol. The molecule has 0 aliphatic rings. The summed E-state index contributed by atoms with van der Waals surface area (Å²) < 4.78 is 14.9. The molecule has 6 heterocycles. The number of para-hydroxylation sites is 8. The molecule has 0 aliphatic carbocycles. The summed E-state index contributed by atoms with van der Waals surface area (Å²) in [6.07, 6.45) is 0. The third kappa shape index (κ3) is 8.55. The van der Waals surface area contributed by atoms with E-state index in [4.69, 9.17) is 0 Å². The highest BCUT2D eigenvalue weighted by Gasteiger charge is 2.31. The first-order valence-electron chi connectivity index (χ1n) is 35.9. The van der Waals surface area contributed by atoms with Crippen LogP contribution in [0.4, 0.5) is 0 Å². The zero-order valence-corrected chi connectivity index (χ0v) is 57.1. The zero-order chi connectivity index (χ0) is 69.8. The van der Waals surface area contributed by atoms with Gasteiger partial charge in [0.1, 0.15) is 0 Å². The van der Waals surface area contributed by atoms with Crippen molar-refractivity contribution in [1.29, 1.82) is 10.5 Å². The van der Waals surface area contributed by atoms with Crippen LogP contribution in [0.5, 0.6) is 0 Å². The molecule has 0 atom stereocenters. The van der Waals surface area contributed by atoms with Gasteiger partial charge in [-0.3, -0.25) is 0 Å². The lowest BCUT2D eigenvalue weighted by Crippen LogP contribution is -2.09. The summed E-state index contributed by atoms with van der Waals surface area (Å²) in [6.45, 7) is 0. The van der Waals surface area contributed by atoms with E-state index in [1.165, 1.54) is 43.1 Å². The highest BCUT2D eigenvalue weighted by Crippen LogP contribution is 2.52. The molecule has 16 aromatic carbocycles. The summed E-state index contributed by atoms with van der Waals surface area (Å²) >= 11 is 0. The van der Waals surface area contributed by atoms with E-state index in [-0.39, 0.29) is 0 Å². The minimum absolute atomic E-state index is 0.560. The Kier molecular flexibility index (Phi) is 12.8. The lowest BCUT2D eigenvalue weighted by molar-refractivity contribution is 1.12. The molecule has 0 bridgehead atoms. The van der Waals surface area contributed by atoms with Crippen LogP contribution in [0.3, 0.4) is 0 Å². The maximum absolute atomic E-state index is 10.6. The fraction of sp³-hybridized carbons (Fsp3) is 0. The summed E-state index contributed by atoms with van der Waals surface area (Å²) in [7, 11) is 0. The van der Waals surface area contributed by atoms with E-state index in [1.54, 1.807) is 0 Å². The standard InChI is InChI=1S/C98H58N8/c99-59-61-38-42-63(43-39-61)82-58-83(64-44-40-62(60-100)41-45-64)98(106-94-56-68(103-88-34-16-8-26-74(88)75-27-9-17-35-89(75)103)48-52-80(94)81-53-49-69(57-95(81)106)104-90-36-18-10-28-76(90)77-29-11-19-37-91(77)104)96(65-20-2-1-3-21-65)97(82)105-92-54-66(101-84-30-12-4-22-70(84)71-23-5-13-31-85(71)101)46-50-78(92)79-51-47-67(55-93(79)105)102-86-32-14-6-24-72(86)73-25-7-15-33-87(73)102/h1-58H. The van der Waals surface area contributed by atoms with Crippen molar-refractivity contribution < 1.29 is 0 Å². The molecule has 106 heavy (non-hydrogen) atoms. The molecule has 8 heteroatoms. The molecular formula is C98H58N8. The maximum Gasteiger partial charge on any atom is 0.0991 e. The van der Waals surface area contributed by atoms with Gasteiger partial charge in [-0.1, -0.05) is 224 Å². The van der Waals surface area contributed by atoms with Crippen LogP contribution in [-0.4, -0.2) is 27.4 Å². The first kappa shape index (κ1) is 59.0. The molecule has 0 N–H and O–H groups in total. The van der Waals surface area contributed by atoms with Gasteiger partial charge in [-0.05, 0) is 144 Å². The van der Waals surface area contributed by atoms with Gasteiger partial charge in [0.15, 0.2) is 0 Å². The summed E-state index contributed by atoms with van der Waals surface area (Å²) in [6, 6.07) is 133. The van der Waals surface area contributed by atoms with Gasteiger partial charge in [0.25, 0.3) is 0 Å². The molecule has 0 radical (unpaired) electrons. The molecule has 8 nitrogen and oxygen atoms in total. The summed E-state index contributed by atoms with van der Waals surface area (Å²) in [5.41, 5.74) is 25.7. The highest BCUT2D eigenvalue weighted by atomic mass is 15.1. The molecule has 6 aromatic heterocycles. The van der Waals surface area contributed by atoms with Crippen molar-refractivity contribution >= 4 is 131 Å². The fourth-order valence-electron chi connectivity index (χ4n) is 17.7. The topological polar surface area (TPSA) is 77.2 Å². The summed E-state index contributed by atoms with van der Waals surface area (Å²) in [4.78, 5) is 0.